The predicted molar refractivity (Wildman–Crippen MR) is 78.5 cm³/mol. The monoisotopic (exact) mass is 346 g/mol. The number of aliphatic hydroxyl groups is 1. The molecule has 1 unspecified atom stereocenters. The van der Waals surface area contributed by atoms with Crippen molar-refractivity contribution in [3.63, 3.8) is 0 Å². The summed E-state index contributed by atoms with van der Waals surface area (Å²) >= 11 is 0. The van der Waals surface area contributed by atoms with Crippen LogP contribution in [0.5, 0.6) is 0 Å². The maximum absolute atomic E-state index is 12.5. The number of benzene rings is 1. The second-order valence-electron chi connectivity index (χ2n) is 5.87. The molecule has 0 saturated carbocycles. The van der Waals surface area contributed by atoms with Gasteiger partial charge in [0.05, 0.1) is 4.92 Å². The Morgan fingerprint density at radius 2 is 1.96 bits per heavy atom. The number of nitro benzene ring substituents is 1. The molecule has 0 spiro atoms. The standard InChI is InChI=1S/C15H17F3N2O4/c1-9-8-11(2-3-12(9)20(23)24)14(22)19-6-4-10(5-7-19)13(21)15(16,17)18/h2-3,8,10,13,21H,4-7H2,1H3. The number of amides is 1. The summed E-state index contributed by atoms with van der Waals surface area (Å²) in [6, 6.07) is 3.98. The third-order valence-corrected chi connectivity index (χ3v) is 4.25. The highest BCUT2D eigenvalue weighted by Gasteiger charge is 2.44. The van der Waals surface area contributed by atoms with Crippen LogP contribution < -0.4 is 0 Å². The summed E-state index contributed by atoms with van der Waals surface area (Å²) in [6.07, 6.45) is -6.93. The highest BCUT2D eigenvalue weighted by molar-refractivity contribution is 5.94. The second kappa shape index (κ2) is 6.76. The SMILES string of the molecule is Cc1cc(C(=O)N2CCC(C(O)C(F)(F)F)CC2)ccc1[N+](=O)[O-]. The van der Waals surface area contributed by atoms with Crippen molar-refractivity contribution in [3.8, 4) is 0 Å². The van der Waals surface area contributed by atoms with E-state index in [4.69, 9.17) is 0 Å². The molecule has 132 valence electrons. The molecular formula is C15H17F3N2O4. The van der Waals surface area contributed by atoms with Gasteiger partial charge in [0.1, 0.15) is 0 Å². The van der Waals surface area contributed by atoms with E-state index in [0.717, 1.165) is 0 Å². The van der Waals surface area contributed by atoms with Crippen molar-refractivity contribution in [3.05, 3.63) is 39.4 Å². The van der Waals surface area contributed by atoms with E-state index in [2.05, 4.69) is 0 Å². The van der Waals surface area contributed by atoms with E-state index in [1.165, 1.54) is 30.0 Å². The number of nitro groups is 1. The zero-order valence-corrected chi connectivity index (χ0v) is 12.9. The van der Waals surface area contributed by atoms with Crippen LogP contribution in [0, 0.1) is 23.0 Å². The summed E-state index contributed by atoms with van der Waals surface area (Å²) in [4.78, 5) is 24.0. The molecule has 1 saturated heterocycles. The van der Waals surface area contributed by atoms with Gasteiger partial charge in [-0.2, -0.15) is 13.2 Å². The van der Waals surface area contributed by atoms with Gasteiger partial charge < -0.3 is 10.0 Å². The van der Waals surface area contributed by atoms with Crippen LogP contribution in [0.1, 0.15) is 28.8 Å². The Kier molecular flexibility index (Phi) is 5.12. The summed E-state index contributed by atoms with van der Waals surface area (Å²) in [5, 5.41) is 20.1. The maximum atomic E-state index is 12.5. The Bertz CT molecular complexity index is 640. The first-order valence-electron chi connectivity index (χ1n) is 7.40. The van der Waals surface area contributed by atoms with Crippen molar-refractivity contribution < 1.29 is 28.0 Å². The van der Waals surface area contributed by atoms with Crippen molar-refractivity contribution in [1.29, 1.82) is 0 Å². The number of piperidine rings is 1. The predicted octanol–water partition coefficient (Wildman–Crippen LogP) is 2.68. The smallest absolute Gasteiger partial charge is 0.383 e. The number of rotatable bonds is 3. The van der Waals surface area contributed by atoms with Crippen molar-refractivity contribution in [2.75, 3.05) is 13.1 Å². The summed E-state index contributed by atoms with van der Waals surface area (Å²) < 4.78 is 37.5. The first kappa shape index (κ1) is 18.2. The molecule has 1 fully saturated rings. The van der Waals surface area contributed by atoms with Gasteiger partial charge in [-0.15, -0.1) is 0 Å². The van der Waals surface area contributed by atoms with Crippen molar-refractivity contribution in [2.24, 2.45) is 5.92 Å². The normalized spacial score (nSPS) is 17.6. The van der Waals surface area contributed by atoms with E-state index in [-0.39, 0.29) is 43.1 Å². The average Bonchev–Trinajstić information content (AvgIpc) is 2.52. The Morgan fingerprint density at radius 3 is 2.42 bits per heavy atom. The van der Waals surface area contributed by atoms with E-state index in [9.17, 15) is 33.2 Å². The van der Waals surface area contributed by atoms with Gasteiger partial charge in [0.15, 0.2) is 6.10 Å². The van der Waals surface area contributed by atoms with E-state index in [1.807, 2.05) is 0 Å². The highest BCUT2D eigenvalue weighted by atomic mass is 19.4. The molecule has 2 rings (SSSR count). The van der Waals surface area contributed by atoms with Gasteiger partial charge in [-0.25, -0.2) is 0 Å². The van der Waals surface area contributed by atoms with Gasteiger partial charge in [-0.3, -0.25) is 14.9 Å². The summed E-state index contributed by atoms with van der Waals surface area (Å²) in [7, 11) is 0. The van der Waals surface area contributed by atoms with E-state index in [1.54, 1.807) is 0 Å². The fraction of sp³-hybridized carbons (Fsp3) is 0.533. The number of likely N-dealkylation sites (tertiary alicyclic amines) is 1. The minimum absolute atomic E-state index is 0.0539. The van der Waals surface area contributed by atoms with Crippen LogP contribution in [0.25, 0.3) is 0 Å². The fourth-order valence-electron chi connectivity index (χ4n) is 2.86. The number of aryl methyl sites for hydroxylation is 1. The van der Waals surface area contributed by atoms with Crippen LogP contribution in [-0.4, -0.2) is 46.2 Å². The minimum Gasteiger partial charge on any atom is -0.383 e. The number of aliphatic hydroxyl groups excluding tert-OH is 1. The minimum atomic E-state index is -4.66. The van der Waals surface area contributed by atoms with Crippen LogP contribution in [0.3, 0.4) is 0 Å². The van der Waals surface area contributed by atoms with Gasteiger partial charge in [-0.05, 0) is 37.8 Å². The Labute approximate surface area is 136 Å². The number of hydrogen-bond donors (Lipinski definition) is 1. The number of carbonyl (C=O) groups excluding carboxylic acids is 1. The molecule has 0 aliphatic carbocycles. The van der Waals surface area contributed by atoms with Gasteiger partial charge in [-0.1, -0.05) is 0 Å². The molecular weight excluding hydrogens is 329 g/mol. The Hall–Kier alpha value is -2.16. The van der Waals surface area contributed by atoms with Crippen LogP contribution >= 0.6 is 0 Å². The zero-order valence-electron chi connectivity index (χ0n) is 12.9. The molecule has 1 aliphatic rings. The molecule has 1 N–H and O–H groups in total. The third kappa shape index (κ3) is 3.84. The number of carbonyl (C=O) groups is 1. The number of nitrogens with zero attached hydrogens (tertiary/aromatic N) is 2. The number of alkyl halides is 3. The van der Waals surface area contributed by atoms with Crippen LogP contribution in [0.15, 0.2) is 18.2 Å². The molecule has 0 radical (unpaired) electrons. The maximum Gasteiger partial charge on any atom is 0.414 e. The first-order chi connectivity index (χ1) is 11.1. The highest BCUT2D eigenvalue weighted by Crippen LogP contribution is 2.32. The molecule has 0 aromatic heterocycles. The lowest BCUT2D eigenvalue weighted by Crippen LogP contribution is -2.45. The molecule has 1 aliphatic heterocycles. The van der Waals surface area contributed by atoms with Crippen molar-refractivity contribution in [1.82, 2.24) is 4.90 Å². The Balaban J connectivity index is 2.03. The third-order valence-electron chi connectivity index (χ3n) is 4.25. The van der Waals surface area contributed by atoms with Crippen molar-refractivity contribution >= 4 is 11.6 Å². The van der Waals surface area contributed by atoms with Crippen molar-refractivity contribution in [2.45, 2.75) is 32.0 Å². The Morgan fingerprint density at radius 1 is 1.38 bits per heavy atom. The molecule has 1 aromatic carbocycles. The van der Waals surface area contributed by atoms with Crippen LogP contribution in [0.2, 0.25) is 0 Å². The van der Waals surface area contributed by atoms with Gasteiger partial charge in [0.25, 0.3) is 11.6 Å². The quantitative estimate of drug-likeness (QED) is 0.674. The topological polar surface area (TPSA) is 83.7 Å². The van der Waals surface area contributed by atoms with Gasteiger partial charge >= 0.3 is 6.18 Å². The fourth-order valence-corrected chi connectivity index (χ4v) is 2.86. The molecule has 1 atom stereocenters. The number of hydrogen-bond acceptors (Lipinski definition) is 4. The molecule has 6 nitrogen and oxygen atoms in total. The van der Waals surface area contributed by atoms with E-state index >= 15 is 0 Å². The zero-order chi connectivity index (χ0) is 18.1. The summed E-state index contributed by atoms with van der Waals surface area (Å²) in [5.41, 5.74) is 0.500. The second-order valence-corrected chi connectivity index (χ2v) is 5.87. The van der Waals surface area contributed by atoms with Gasteiger partial charge in [0, 0.05) is 30.3 Å². The van der Waals surface area contributed by atoms with E-state index < -0.39 is 23.1 Å². The van der Waals surface area contributed by atoms with Crippen LogP contribution in [0.4, 0.5) is 18.9 Å². The van der Waals surface area contributed by atoms with E-state index in [0.29, 0.717) is 5.56 Å². The lowest BCUT2D eigenvalue weighted by Gasteiger charge is -2.34. The molecule has 9 heteroatoms. The summed E-state index contributed by atoms with van der Waals surface area (Å²) in [6.45, 7) is 1.72. The molecule has 1 heterocycles. The lowest BCUT2D eigenvalue weighted by molar-refractivity contribution is -0.385. The lowest BCUT2D eigenvalue weighted by atomic mass is 9.90. The molecule has 0 bridgehead atoms. The molecule has 1 amide bonds. The molecule has 24 heavy (non-hydrogen) atoms. The summed E-state index contributed by atoms with van der Waals surface area (Å²) in [5.74, 6) is -1.31. The van der Waals surface area contributed by atoms with Crippen LogP contribution in [-0.2, 0) is 0 Å². The largest absolute Gasteiger partial charge is 0.414 e. The first-order valence-corrected chi connectivity index (χ1v) is 7.40. The number of halogens is 3. The molecule has 1 aromatic rings. The average molecular weight is 346 g/mol. The van der Waals surface area contributed by atoms with Gasteiger partial charge in [0.2, 0.25) is 0 Å².